The van der Waals surface area contributed by atoms with E-state index in [4.69, 9.17) is 10.8 Å². The summed E-state index contributed by atoms with van der Waals surface area (Å²) in [6, 6.07) is -1.89. The van der Waals surface area contributed by atoms with Gasteiger partial charge in [-0.15, -0.1) is 0 Å². The van der Waals surface area contributed by atoms with Crippen molar-refractivity contribution in [2.45, 2.75) is 39.2 Å². The molecule has 0 heterocycles. The molecule has 0 rings (SSSR count). The summed E-state index contributed by atoms with van der Waals surface area (Å²) in [7, 11) is 0. The molecule has 18 heavy (non-hydrogen) atoms. The van der Waals surface area contributed by atoms with E-state index >= 15 is 0 Å². The minimum Gasteiger partial charge on any atom is -0.480 e. The second-order valence-electron chi connectivity index (χ2n) is 4.10. The van der Waals surface area contributed by atoms with Crippen molar-refractivity contribution in [1.82, 2.24) is 10.6 Å². The molecule has 0 aliphatic heterocycles. The second-order valence-corrected chi connectivity index (χ2v) is 4.10. The van der Waals surface area contributed by atoms with Crippen LogP contribution in [-0.2, 0) is 9.59 Å². The zero-order valence-electron chi connectivity index (χ0n) is 10.7. The number of rotatable bonds is 8. The topological polar surface area (TPSA) is 122 Å². The number of urea groups is 1. The van der Waals surface area contributed by atoms with Crippen LogP contribution < -0.4 is 16.4 Å². The van der Waals surface area contributed by atoms with Gasteiger partial charge in [0.15, 0.2) is 0 Å². The Hall–Kier alpha value is -1.79. The van der Waals surface area contributed by atoms with Crippen LogP contribution in [0.5, 0.6) is 0 Å². The van der Waals surface area contributed by atoms with Crippen LogP contribution in [-0.4, -0.2) is 35.6 Å². The van der Waals surface area contributed by atoms with E-state index in [9.17, 15) is 14.4 Å². The molecule has 0 aromatic rings. The maximum Gasteiger partial charge on any atom is 0.326 e. The summed E-state index contributed by atoms with van der Waals surface area (Å²) in [5.74, 6) is -1.70. The fraction of sp³-hybridized carbons (Fsp3) is 0.727. The summed E-state index contributed by atoms with van der Waals surface area (Å²) in [6.07, 6.45) is 1.44. The number of aliphatic carboxylic acids is 1. The van der Waals surface area contributed by atoms with Crippen molar-refractivity contribution in [3.05, 3.63) is 0 Å². The number of carboxylic acids is 1. The molecule has 0 bridgehead atoms. The van der Waals surface area contributed by atoms with Gasteiger partial charge >= 0.3 is 12.0 Å². The summed E-state index contributed by atoms with van der Waals surface area (Å²) >= 11 is 0. The van der Waals surface area contributed by atoms with Gasteiger partial charge < -0.3 is 21.5 Å². The lowest BCUT2D eigenvalue weighted by atomic mass is 10.0. The third kappa shape index (κ3) is 6.72. The number of carboxylic acid groups (broad SMARTS) is 1. The van der Waals surface area contributed by atoms with Gasteiger partial charge in [-0.2, -0.15) is 0 Å². The molecule has 0 spiro atoms. The normalized spacial score (nSPS) is 11.9. The van der Waals surface area contributed by atoms with Crippen molar-refractivity contribution >= 4 is 17.9 Å². The smallest absolute Gasteiger partial charge is 0.326 e. The third-order valence-electron chi connectivity index (χ3n) is 2.71. The van der Waals surface area contributed by atoms with Crippen molar-refractivity contribution in [2.24, 2.45) is 11.7 Å². The van der Waals surface area contributed by atoms with Gasteiger partial charge in [-0.1, -0.05) is 26.7 Å². The monoisotopic (exact) mass is 259 g/mol. The highest BCUT2D eigenvalue weighted by Gasteiger charge is 2.22. The molecule has 5 N–H and O–H groups in total. The fourth-order valence-electron chi connectivity index (χ4n) is 1.42. The van der Waals surface area contributed by atoms with Crippen LogP contribution in [0.2, 0.25) is 0 Å². The quantitative estimate of drug-likeness (QED) is 0.492. The largest absolute Gasteiger partial charge is 0.480 e. The summed E-state index contributed by atoms with van der Waals surface area (Å²) in [6.45, 7) is 4.50. The predicted molar refractivity (Wildman–Crippen MR) is 65.8 cm³/mol. The first-order valence-corrected chi connectivity index (χ1v) is 5.96. The minimum atomic E-state index is -1.29. The van der Waals surface area contributed by atoms with Crippen LogP contribution in [0.3, 0.4) is 0 Å². The lowest BCUT2D eigenvalue weighted by Crippen LogP contribution is -2.48. The van der Waals surface area contributed by atoms with Crippen molar-refractivity contribution in [2.75, 3.05) is 6.54 Å². The Balaban J connectivity index is 4.17. The Morgan fingerprint density at radius 3 is 2.17 bits per heavy atom. The van der Waals surface area contributed by atoms with Gasteiger partial charge in [-0.25, -0.2) is 9.59 Å². The van der Waals surface area contributed by atoms with Gasteiger partial charge in [-0.3, -0.25) is 4.79 Å². The maximum absolute atomic E-state index is 11.4. The molecule has 0 aliphatic rings. The average Bonchev–Trinajstić information content (AvgIpc) is 2.28. The SMILES string of the molecule is CCC(CC)CNC(=O)N[C@H](CC(N)=O)C(=O)O. The van der Waals surface area contributed by atoms with Crippen LogP contribution in [0.25, 0.3) is 0 Å². The van der Waals surface area contributed by atoms with E-state index in [1.165, 1.54) is 0 Å². The van der Waals surface area contributed by atoms with Gasteiger partial charge in [-0.05, 0) is 5.92 Å². The summed E-state index contributed by atoms with van der Waals surface area (Å²) in [4.78, 5) is 32.9. The highest BCUT2D eigenvalue weighted by Crippen LogP contribution is 2.04. The first-order chi connectivity index (χ1) is 8.40. The fourth-order valence-corrected chi connectivity index (χ4v) is 1.42. The summed E-state index contributed by atoms with van der Waals surface area (Å²) in [5.41, 5.74) is 4.90. The van der Waals surface area contributed by atoms with E-state index < -0.39 is 30.4 Å². The Morgan fingerprint density at radius 1 is 1.22 bits per heavy atom. The number of hydrogen-bond acceptors (Lipinski definition) is 3. The van der Waals surface area contributed by atoms with E-state index in [1.807, 2.05) is 13.8 Å². The van der Waals surface area contributed by atoms with Gasteiger partial charge in [0.2, 0.25) is 5.91 Å². The molecule has 7 heteroatoms. The van der Waals surface area contributed by atoms with Gasteiger partial charge in [0.1, 0.15) is 6.04 Å². The Morgan fingerprint density at radius 2 is 1.78 bits per heavy atom. The molecule has 0 unspecified atom stereocenters. The van der Waals surface area contributed by atoms with Gasteiger partial charge in [0.25, 0.3) is 0 Å². The zero-order chi connectivity index (χ0) is 14.1. The highest BCUT2D eigenvalue weighted by atomic mass is 16.4. The third-order valence-corrected chi connectivity index (χ3v) is 2.71. The van der Waals surface area contributed by atoms with Crippen molar-refractivity contribution in [3.63, 3.8) is 0 Å². The number of nitrogens with one attached hydrogen (secondary N) is 2. The molecule has 0 aliphatic carbocycles. The van der Waals surface area contributed by atoms with Crippen LogP contribution in [0.1, 0.15) is 33.1 Å². The molecule has 0 aromatic carbocycles. The summed E-state index contributed by atoms with van der Waals surface area (Å²) < 4.78 is 0. The van der Waals surface area contributed by atoms with Gasteiger partial charge in [0.05, 0.1) is 6.42 Å². The number of nitrogens with two attached hydrogens (primary N) is 1. The first kappa shape index (κ1) is 16.2. The number of hydrogen-bond donors (Lipinski definition) is 4. The first-order valence-electron chi connectivity index (χ1n) is 5.96. The van der Waals surface area contributed by atoms with E-state index in [2.05, 4.69) is 10.6 Å². The van der Waals surface area contributed by atoms with Crippen molar-refractivity contribution in [1.29, 1.82) is 0 Å². The molecule has 0 fully saturated rings. The van der Waals surface area contributed by atoms with Crippen LogP contribution >= 0.6 is 0 Å². The average molecular weight is 259 g/mol. The number of primary amides is 1. The molecule has 0 aromatic heterocycles. The van der Waals surface area contributed by atoms with Crippen molar-refractivity contribution in [3.8, 4) is 0 Å². The Kier molecular flexibility index (Phi) is 7.50. The number of carbonyl (C=O) groups excluding carboxylic acids is 2. The number of amides is 3. The standard InChI is InChI=1S/C11H21N3O4/c1-3-7(4-2)6-13-11(18)14-8(10(16)17)5-9(12)15/h7-8H,3-6H2,1-2H3,(H2,12,15)(H,16,17)(H2,13,14,18)/t8-/m1/s1. The van der Waals surface area contributed by atoms with Gasteiger partial charge in [0, 0.05) is 6.54 Å². The maximum atomic E-state index is 11.4. The summed E-state index contributed by atoms with van der Waals surface area (Å²) in [5, 5.41) is 13.6. The lowest BCUT2D eigenvalue weighted by molar-refractivity contribution is -0.140. The van der Waals surface area contributed by atoms with Crippen LogP contribution in [0.4, 0.5) is 4.79 Å². The zero-order valence-corrected chi connectivity index (χ0v) is 10.7. The van der Waals surface area contributed by atoms with E-state index in [0.29, 0.717) is 12.5 Å². The Labute approximate surface area is 106 Å². The minimum absolute atomic E-state index is 0.357. The Bertz CT molecular complexity index is 303. The molecular formula is C11H21N3O4. The van der Waals surface area contributed by atoms with Crippen LogP contribution in [0.15, 0.2) is 0 Å². The molecule has 0 saturated heterocycles. The molecule has 0 radical (unpaired) electrons. The van der Waals surface area contributed by atoms with E-state index in [-0.39, 0.29) is 0 Å². The van der Waals surface area contributed by atoms with E-state index in [0.717, 1.165) is 12.8 Å². The highest BCUT2D eigenvalue weighted by molar-refractivity contribution is 5.87. The van der Waals surface area contributed by atoms with Crippen molar-refractivity contribution < 1.29 is 19.5 Å². The predicted octanol–water partition coefficient (Wildman–Crippen LogP) is 0.0504. The lowest BCUT2D eigenvalue weighted by Gasteiger charge is -2.16. The molecule has 3 amide bonds. The molecule has 7 nitrogen and oxygen atoms in total. The molecule has 1 atom stereocenters. The number of carbonyl (C=O) groups is 3. The molecule has 104 valence electrons. The van der Waals surface area contributed by atoms with E-state index in [1.54, 1.807) is 0 Å². The molecular weight excluding hydrogens is 238 g/mol. The second kappa shape index (κ2) is 8.32. The van der Waals surface area contributed by atoms with Crippen LogP contribution in [0, 0.1) is 5.92 Å². The molecule has 0 saturated carbocycles.